The van der Waals surface area contributed by atoms with Crippen LogP contribution in [-0.2, 0) is 10.9 Å². The average Bonchev–Trinajstić information content (AvgIpc) is 2.12. The minimum atomic E-state index is -4.67. The number of rotatable bonds is 2. The third-order valence-electron chi connectivity index (χ3n) is 2.86. The first-order valence-corrected chi connectivity index (χ1v) is 5.09. The maximum Gasteiger partial charge on any atom is 0.419 e. The molecule has 0 spiro atoms. The Morgan fingerprint density at radius 3 is 2.35 bits per heavy atom. The first-order chi connectivity index (χ1) is 7.89. The number of hydrogen-bond donors (Lipinski definition) is 1. The molecule has 1 aromatic rings. The maximum atomic E-state index is 13.3. The molecule has 1 atom stereocenters. The summed E-state index contributed by atoms with van der Waals surface area (Å²) in [6, 6.07) is 2.31. The van der Waals surface area contributed by atoms with Gasteiger partial charge in [0.05, 0.1) is 18.8 Å². The Kier molecular flexibility index (Phi) is 3.09. The van der Waals surface area contributed by atoms with Crippen LogP contribution in [0.2, 0.25) is 0 Å². The molecule has 0 aliphatic carbocycles. The molecular formula is C11H11F4NO. The van der Waals surface area contributed by atoms with E-state index in [0.29, 0.717) is 18.8 Å². The van der Waals surface area contributed by atoms with Crippen molar-refractivity contribution in [3.63, 3.8) is 0 Å². The van der Waals surface area contributed by atoms with E-state index in [1.165, 1.54) is 6.07 Å². The van der Waals surface area contributed by atoms with Crippen molar-refractivity contribution < 1.29 is 22.3 Å². The van der Waals surface area contributed by atoms with Crippen LogP contribution in [0.4, 0.5) is 17.6 Å². The molecule has 0 bridgehead atoms. The molecular weight excluding hydrogens is 238 g/mol. The van der Waals surface area contributed by atoms with E-state index >= 15 is 0 Å². The number of alkyl halides is 3. The van der Waals surface area contributed by atoms with Crippen LogP contribution in [0.1, 0.15) is 17.2 Å². The largest absolute Gasteiger partial charge is 0.419 e. The predicted octanol–water partition coefficient (Wildman–Crippen LogP) is 2.49. The van der Waals surface area contributed by atoms with Gasteiger partial charge in [0.1, 0.15) is 5.82 Å². The lowest BCUT2D eigenvalue weighted by Crippen LogP contribution is -2.37. The number of ether oxygens (including phenoxy) is 1. The van der Waals surface area contributed by atoms with E-state index in [2.05, 4.69) is 0 Å². The summed E-state index contributed by atoms with van der Waals surface area (Å²) in [4.78, 5) is 0. The summed E-state index contributed by atoms with van der Waals surface area (Å²) in [6.45, 7) is 0.924. The molecule has 1 aliphatic heterocycles. The van der Waals surface area contributed by atoms with Crippen LogP contribution in [0.25, 0.3) is 0 Å². The highest BCUT2D eigenvalue weighted by Gasteiger charge is 2.35. The van der Waals surface area contributed by atoms with Crippen LogP contribution in [0.15, 0.2) is 18.2 Å². The Labute approximate surface area is 95.4 Å². The molecule has 1 heterocycles. The van der Waals surface area contributed by atoms with Gasteiger partial charge >= 0.3 is 6.18 Å². The van der Waals surface area contributed by atoms with E-state index in [9.17, 15) is 17.6 Å². The molecule has 0 radical (unpaired) electrons. The van der Waals surface area contributed by atoms with E-state index < -0.39 is 23.6 Å². The van der Waals surface area contributed by atoms with E-state index in [-0.39, 0.29) is 5.92 Å². The second-order valence-electron chi connectivity index (χ2n) is 4.06. The standard InChI is InChI=1S/C11H11F4NO/c12-9-3-6(10(16)7-4-17-5-7)1-2-8(9)11(13,14)15/h1-3,7,10H,4-5,16H2. The van der Waals surface area contributed by atoms with Gasteiger partial charge in [-0.3, -0.25) is 0 Å². The van der Waals surface area contributed by atoms with Crippen LogP contribution in [0.3, 0.4) is 0 Å². The Morgan fingerprint density at radius 1 is 1.29 bits per heavy atom. The van der Waals surface area contributed by atoms with Crippen LogP contribution in [-0.4, -0.2) is 13.2 Å². The van der Waals surface area contributed by atoms with Gasteiger partial charge in [0.15, 0.2) is 0 Å². The van der Waals surface area contributed by atoms with Gasteiger partial charge in [0.25, 0.3) is 0 Å². The van der Waals surface area contributed by atoms with Gasteiger partial charge in [0, 0.05) is 12.0 Å². The Morgan fingerprint density at radius 2 is 1.94 bits per heavy atom. The lowest BCUT2D eigenvalue weighted by atomic mass is 9.92. The van der Waals surface area contributed by atoms with Gasteiger partial charge in [-0.25, -0.2) is 4.39 Å². The van der Waals surface area contributed by atoms with Crippen LogP contribution < -0.4 is 5.73 Å². The van der Waals surface area contributed by atoms with E-state index in [1.54, 1.807) is 0 Å². The van der Waals surface area contributed by atoms with Crippen molar-refractivity contribution >= 4 is 0 Å². The van der Waals surface area contributed by atoms with Crippen molar-refractivity contribution in [2.75, 3.05) is 13.2 Å². The van der Waals surface area contributed by atoms with Crippen LogP contribution in [0.5, 0.6) is 0 Å². The van der Waals surface area contributed by atoms with Gasteiger partial charge < -0.3 is 10.5 Å². The molecule has 94 valence electrons. The molecule has 2 nitrogen and oxygen atoms in total. The molecule has 2 N–H and O–H groups in total. The Balaban J connectivity index is 2.24. The minimum Gasteiger partial charge on any atom is -0.381 e. The van der Waals surface area contributed by atoms with Crippen LogP contribution in [0, 0.1) is 11.7 Å². The van der Waals surface area contributed by atoms with E-state index in [1.807, 2.05) is 0 Å². The molecule has 1 saturated heterocycles. The lowest BCUT2D eigenvalue weighted by molar-refractivity contribution is -0.140. The zero-order valence-corrected chi connectivity index (χ0v) is 8.80. The third-order valence-corrected chi connectivity index (χ3v) is 2.86. The fourth-order valence-corrected chi connectivity index (χ4v) is 1.70. The number of benzene rings is 1. The molecule has 2 rings (SSSR count). The lowest BCUT2D eigenvalue weighted by Gasteiger charge is -2.31. The van der Waals surface area contributed by atoms with Gasteiger partial charge in [-0.1, -0.05) is 6.07 Å². The molecule has 0 saturated carbocycles. The summed E-state index contributed by atoms with van der Waals surface area (Å²) in [7, 11) is 0. The molecule has 1 fully saturated rings. The maximum absolute atomic E-state index is 13.3. The van der Waals surface area contributed by atoms with Crippen molar-refractivity contribution in [1.82, 2.24) is 0 Å². The molecule has 0 amide bonds. The van der Waals surface area contributed by atoms with Crippen molar-refractivity contribution in [3.05, 3.63) is 35.1 Å². The predicted molar refractivity (Wildman–Crippen MR) is 52.6 cm³/mol. The smallest absolute Gasteiger partial charge is 0.381 e. The molecule has 6 heteroatoms. The number of halogens is 4. The second kappa shape index (κ2) is 4.27. The highest BCUT2D eigenvalue weighted by Crippen LogP contribution is 2.33. The first kappa shape index (κ1) is 12.3. The Bertz CT molecular complexity index is 414. The summed E-state index contributed by atoms with van der Waals surface area (Å²) in [6.07, 6.45) is -4.67. The molecule has 1 unspecified atom stereocenters. The van der Waals surface area contributed by atoms with E-state index in [4.69, 9.17) is 10.5 Å². The number of nitrogens with two attached hydrogens (primary N) is 1. The van der Waals surface area contributed by atoms with Gasteiger partial charge in [0.2, 0.25) is 0 Å². The fraction of sp³-hybridized carbons (Fsp3) is 0.455. The van der Waals surface area contributed by atoms with Crippen LogP contribution >= 0.6 is 0 Å². The topological polar surface area (TPSA) is 35.2 Å². The Hall–Kier alpha value is -1.14. The summed E-state index contributed by atoms with van der Waals surface area (Å²) >= 11 is 0. The third kappa shape index (κ3) is 2.42. The van der Waals surface area contributed by atoms with Gasteiger partial charge in [-0.05, 0) is 17.7 Å². The average molecular weight is 249 g/mol. The molecule has 17 heavy (non-hydrogen) atoms. The SMILES string of the molecule is NC(c1ccc(C(F)(F)F)c(F)c1)C1COC1. The summed E-state index contributed by atoms with van der Waals surface area (Å²) in [5.41, 5.74) is 4.90. The highest BCUT2D eigenvalue weighted by molar-refractivity contribution is 5.29. The van der Waals surface area contributed by atoms with Crippen molar-refractivity contribution in [2.24, 2.45) is 11.7 Å². The molecule has 1 aromatic carbocycles. The zero-order valence-electron chi connectivity index (χ0n) is 8.80. The van der Waals surface area contributed by atoms with Gasteiger partial charge in [-0.15, -0.1) is 0 Å². The summed E-state index contributed by atoms with van der Waals surface area (Å²) < 4.78 is 55.2. The normalized spacial score (nSPS) is 18.9. The van der Waals surface area contributed by atoms with E-state index in [0.717, 1.165) is 12.1 Å². The minimum absolute atomic E-state index is 0.0473. The quantitative estimate of drug-likeness (QED) is 0.817. The summed E-state index contributed by atoms with van der Waals surface area (Å²) in [5.74, 6) is -1.24. The monoisotopic (exact) mass is 249 g/mol. The second-order valence-corrected chi connectivity index (χ2v) is 4.06. The van der Waals surface area contributed by atoms with Crippen molar-refractivity contribution in [1.29, 1.82) is 0 Å². The molecule has 1 aliphatic rings. The van der Waals surface area contributed by atoms with Gasteiger partial charge in [-0.2, -0.15) is 13.2 Å². The summed E-state index contributed by atoms with van der Waals surface area (Å²) in [5, 5.41) is 0. The first-order valence-electron chi connectivity index (χ1n) is 5.09. The highest BCUT2D eigenvalue weighted by atomic mass is 19.4. The zero-order chi connectivity index (χ0) is 12.6. The van der Waals surface area contributed by atoms with Crippen molar-refractivity contribution in [2.45, 2.75) is 12.2 Å². The number of hydrogen-bond acceptors (Lipinski definition) is 2. The molecule has 0 aromatic heterocycles. The fourth-order valence-electron chi connectivity index (χ4n) is 1.70. The van der Waals surface area contributed by atoms with Crippen molar-refractivity contribution in [3.8, 4) is 0 Å².